The number of nitrogens with zero attached hydrogens (tertiary/aromatic N) is 2. The van der Waals surface area contributed by atoms with E-state index >= 15 is 0 Å². The van der Waals surface area contributed by atoms with Crippen molar-refractivity contribution in [1.29, 1.82) is 0 Å². The maximum absolute atomic E-state index is 12.1. The Balaban J connectivity index is 1.52. The van der Waals surface area contributed by atoms with Crippen molar-refractivity contribution in [2.45, 2.75) is 51.3 Å². The number of aromatic nitrogens is 2. The second-order valence-corrected chi connectivity index (χ2v) is 9.03. The van der Waals surface area contributed by atoms with Crippen molar-refractivity contribution in [1.82, 2.24) is 15.5 Å². The number of amides is 1. The monoisotopic (exact) mass is 341 g/mol. The molecule has 1 N–H and O–H groups in total. The van der Waals surface area contributed by atoms with Gasteiger partial charge in [0.15, 0.2) is 15.7 Å². The molecule has 0 radical (unpaired) electrons. The lowest BCUT2D eigenvalue weighted by Gasteiger charge is -2.28. The van der Waals surface area contributed by atoms with Gasteiger partial charge in [-0.15, -0.1) is 0 Å². The van der Waals surface area contributed by atoms with E-state index in [1.165, 1.54) is 19.3 Å². The molecular weight excluding hydrogens is 318 g/mol. The maximum atomic E-state index is 12.1. The molecule has 2 fully saturated rings. The third-order valence-corrected chi connectivity index (χ3v) is 6.48. The van der Waals surface area contributed by atoms with Crippen molar-refractivity contribution in [3.8, 4) is 0 Å². The van der Waals surface area contributed by atoms with E-state index in [-0.39, 0.29) is 11.9 Å². The van der Waals surface area contributed by atoms with Gasteiger partial charge in [0.25, 0.3) is 0 Å². The van der Waals surface area contributed by atoms with Crippen LogP contribution in [0.1, 0.15) is 44.3 Å². The van der Waals surface area contributed by atoms with Gasteiger partial charge in [-0.05, 0) is 50.9 Å². The minimum atomic E-state index is -3.61. The van der Waals surface area contributed by atoms with Crippen LogP contribution in [0.4, 0.5) is 0 Å². The van der Waals surface area contributed by atoms with Crippen LogP contribution in [0.5, 0.6) is 0 Å². The highest BCUT2D eigenvalue weighted by molar-refractivity contribution is 7.91. The van der Waals surface area contributed by atoms with Crippen molar-refractivity contribution < 1.29 is 17.7 Å². The molecule has 2 aliphatic carbocycles. The largest absolute Gasteiger partial charge is 0.352 e. The fraction of sp³-hybridized carbons (Fsp3) is 0.800. The standard InChI is InChI=1S/C15H23N3O4S/c1-9(13-6-11-3-4-12(13)5-11)16-14(19)7-23(20,21)8-15-17-10(2)18-22-15/h9,11-13H,3-8H2,1-2H3,(H,16,19)/t9-,11-,12-,13-/m0/s1. The summed E-state index contributed by atoms with van der Waals surface area (Å²) in [7, 11) is -3.61. The lowest BCUT2D eigenvalue weighted by Crippen LogP contribution is -2.42. The molecule has 23 heavy (non-hydrogen) atoms. The van der Waals surface area contributed by atoms with Crippen molar-refractivity contribution in [2.75, 3.05) is 5.75 Å². The summed E-state index contributed by atoms with van der Waals surface area (Å²) in [6, 6.07) is 0.0265. The molecule has 2 saturated carbocycles. The van der Waals surface area contributed by atoms with Crippen molar-refractivity contribution >= 4 is 15.7 Å². The summed E-state index contributed by atoms with van der Waals surface area (Å²) in [6.45, 7) is 3.60. The Labute approximate surface area is 136 Å². The number of carbonyl (C=O) groups excluding carboxylic acids is 1. The number of nitrogens with one attached hydrogen (secondary N) is 1. The topological polar surface area (TPSA) is 102 Å². The van der Waals surface area contributed by atoms with Gasteiger partial charge in [-0.2, -0.15) is 4.98 Å². The molecule has 8 heteroatoms. The maximum Gasteiger partial charge on any atom is 0.241 e. The van der Waals surface area contributed by atoms with E-state index in [4.69, 9.17) is 4.52 Å². The zero-order valence-corrected chi connectivity index (χ0v) is 14.3. The van der Waals surface area contributed by atoms with E-state index in [1.807, 2.05) is 6.92 Å². The van der Waals surface area contributed by atoms with Crippen LogP contribution < -0.4 is 5.32 Å². The van der Waals surface area contributed by atoms with Crippen LogP contribution in [-0.2, 0) is 20.4 Å². The predicted octanol–water partition coefficient (Wildman–Crippen LogP) is 1.23. The molecule has 2 aliphatic rings. The molecule has 0 spiro atoms. The van der Waals surface area contributed by atoms with Gasteiger partial charge in [-0.25, -0.2) is 8.42 Å². The van der Waals surface area contributed by atoms with Gasteiger partial charge in [-0.1, -0.05) is 11.6 Å². The average Bonchev–Trinajstić information content (AvgIpc) is 3.14. The highest BCUT2D eigenvalue weighted by atomic mass is 32.2. The average molecular weight is 341 g/mol. The van der Waals surface area contributed by atoms with Gasteiger partial charge >= 0.3 is 0 Å². The van der Waals surface area contributed by atoms with Gasteiger partial charge < -0.3 is 9.84 Å². The van der Waals surface area contributed by atoms with E-state index < -0.39 is 27.3 Å². The smallest absolute Gasteiger partial charge is 0.241 e. The first-order valence-electron chi connectivity index (χ1n) is 8.11. The second-order valence-electron chi connectivity index (χ2n) is 6.96. The summed E-state index contributed by atoms with van der Waals surface area (Å²) in [6.07, 6.45) is 4.96. The van der Waals surface area contributed by atoms with E-state index in [9.17, 15) is 13.2 Å². The minimum Gasteiger partial charge on any atom is -0.352 e. The molecule has 1 aromatic rings. The first-order chi connectivity index (χ1) is 10.8. The van der Waals surface area contributed by atoms with E-state index in [1.54, 1.807) is 6.92 Å². The zero-order chi connectivity index (χ0) is 16.6. The molecule has 1 amide bonds. The molecule has 7 nitrogen and oxygen atoms in total. The summed E-state index contributed by atoms with van der Waals surface area (Å²) in [5.41, 5.74) is 0. The summed E-state index contributed by atoms with van der Waals surface area (Å²) >= 11 is 0. The lowest BCUT2D eigenvalue weighted by atomic mass is 9.84. The highest BCUT2D eigenvalue weighted by Gasteiger charge is 2.42. The fourth-order valence-electron chi connectivity index (χ4n) is 4.15. The SMILES string of the molecule is Cc1noc(CS(=O)(=O)CC(=O)N[C@@H](C)[C@@H]2C[C@H]3CC[C@H]2C3)n1. The lowest BCUT2D eigenvalue weighted by molar-refractivity contribution is -0.119. The van der Waals surface area contributed by atoms with Gasteiger partial charge in [0.2, 0.25) is 11.8 Å². The van der Waals surface area contributed by atoms with E-state index in [0.29, 0.717) is 17.7 Å². The van der Waals surface area contributed by atoms with Crippen LogP contribution in [0.25, 0.3) is 0 Å². The van der Waals surface area contributed by atoms with Crippen molar-refractivity contribution in [3.63, 3.8) is 0 Å². The third kappa shape index (κ3) is 3.91. The number of hydrogen-bond donors (Lipinski definition) is 1. The van der Waals surface area contributed by atoms with Gasteiger partial charge in [0.1, 0.15) is 11.5 Å². The second kappa shape index (κ2) is 6.22. The fourth-order valence-corrected chi connectivity index (χ4v) is 5.22. The summed E-state index contributed by atoms with van der Waals surface area (Å²) in [4.78, 5) is 15.9. The van der Waals surface area contributed by atoms with E-state index in [0.717, 1.165) is 12.3 Å². The minimum absolute atomic E-state index is 0.0245. The van der Waals surface area contributed by atoms with Crippen LogP contribution in [0.3, 0.4) is 0 Å². The molecule has 1 heterocycles. The Morgan fingerprint density at radius 3 is 2.74 bits per heavy atom. The molecule has 128 valence electrons. The van der Waals surface area contributed by atoms with E-state index in [2.05, 4.69) is 15.5 Å². The van der Waals surface area contributed by atoms with Crippen LogP contribution in [-0.4, -0.2) is 36.3 Å². The molecule has 0 aliphatic heterocycles. The Morgan fingerprint density at radius 1 is 1.39 bits per heavy atom. The molecular formula is C15H23N3O4S. The Bertz CT molecular complexity index is 685. The molecule has 0 saturated heterocycles. The Morgan fingerprint density at radius 2 is 2.17 bits per heavy atom. The first-order valence-corrected chi connectivity index (χ1v) is 9.93. The van der Waals surface area contributed by atoms with Crippen molar-refractivity contribution in [2.24, 2.45) is 17.8 Å². The number of sulfone groups is 1. The predicted molar refractivity (Wildman–Crippen MR) is 83.1 cm³/mol. The zero-order valence-electron chi connectivity index (χ0n) is 13.5. The van der Waals surface area contributed by atoms with Crippen LogP contribution in [0, 0.1) is 24.7 Å². The Hall–Kier alpha value is -1.44. The third-order valence-electron chi connectivity index (χ3n) is 5.09. The van der Waals surface area contributed by atoms with Crippen LogP contribution >= 0.6 is 0 Å². The quantitative estimate of drug-likeness (QED) is 0.835. The number of hydrogen-bond acceptors (Lipinski definition) is 6. The van der Waals surface area contributed by atoms with Gasteiger partial charge in [0.05, 0.1) is 0 Å². The number of aryl methyl sites for hydroxylation is 1. The molecule has 4 atom stereocenters. The summed E-state index contributed by atoms with van der Waals surface area (Å²) in [5, 5.41) is 6.42. The summed E-state index contributed by atoms with van der Waals surface area (Å²) < 4.78 is 28.9. The number of fused-ring (bicyclic) bond motifs is 2. The molecule has 1 aromatic heterocycles. The van der Waals surface area contributed by atoms with Crippen LogP contribution in [0.15, 0.2) is 4.52 Å². The summed E-state index contributed by atoms with van der Waals surface area (Å²) in [5.74, 6) is 0.988. The highest BCUT2D eigenvalue weighted by Crippen LogP contribution is 2.49. The number of rotatable bonds is 6. The number of carbonyl (C=O) groups is 1. The van der Waals surface area contributed by atoms with Crippen molar-refractivity contribution in [3.05, 3.63) is 11.7 Å². The molecule has 0 aromatic carbocycles. The molecule has 0 unspecified atom stereocenters. The van der Waals surface area contributed by atoms with Crippen LogP contribution in [0.2, 0.25) is 0 Å². The van der Waals surface area contributed by atoms with Gasteiger partial charge in [0, 0.05) is 6.04 Å². The first kappa shape index (κ1) is 16.4. The Kier molecular flexibility index (Phi) is 4.44. The van der Waals surface area contributed by atoms with Gasteiger partial charge in [-0.3, -0.25) is 4.79 Å². The molecule has 2 bridgehead atoms. The molecule has 3 rings (SSSR count). The normalized spacial score (nSPS) is 28.0.